The van der Waals surface area contributed by atoms with Crippen molar-refractivity contribution in [2.75, 3.05) is 34.5 Å². The Morgan fingerprint density at radius 2 is 1.02 bits per heavy atom. The number of allylic oxidation sites excluding steroid dienone is 6. The van der Waals surface area contributed by atoms with Crippen LogP contribution in [0.5, 0.6) is 0 Å². The Morgan fingerprint density at radius 1 is 0.565 bits per heavy atom. The van der Waals surface area contributed by atoms with Gasteiger partial charge in [-0.15, -0.1) is 17.4 Å². The van der Waals surface area contributed by atoms with E-state index in [1.54, 1.807) is 21.3 Å². The Hall–Kier alpha value is -4.18. The van der Waals surface area contributed by atoms with E-state index < -0.39 is 22.7 Å². The predicted octanol–water partition coefficient (Wildman–Crippen LogP) is 11.5. The van der Waals surface area contributed by atoms with Gasteiger partial charge in [-0.1, -0.05) is 146 Å². The molecule has 319 valence electrons. The normalized spacial score (nSPS) is 14.4. The van der Waals surface area contributed by atoms with Crippen LogP contribution < -0.4 is 26.5 Å². The fourth-order valence-electron chi connectivity index (χ4n) is 7.19. The van der Waals surface area contributed by atoms with Crippen molar-refractivity contribution in [3.63, 3.8) is 0 Å². The van der Waals surface area contributed by atoms with E-state index in [1.807, 2.05) is 6.07 Å². The van der Waals surface area contributed by atoms with Gasteiger partial charge in [-0.2, -0.15) is 42.5 Å². The van der Waals surface area contributed by atoms with Crippen molar-refractivity contribution in [2.45, 2.75) is 19.3 Å². The molecule has 9 heteroatoms. The van der Waals surface area contributed by atoms with Crippen molar-refractivity contribution in [2.24, 2.45) is 4.52 Å². The van der Waals surface area contributed by atoms with Crippen LogP contribution in [-0.4, -0.2) is 39.8 Å². The van der Waals surface area contributed by atoms with Crippen LogP contribution in [0, 0.1) is 18.9 Å². The smallest absolute Gasteiger partial charge is 0.331 e. The molecule has 0 saturated carbocycles. The third-order valence-electron chi connectivity index (χ3n) is 10.0. The third-order valence-corrected chi connectivity index (χ3v) is 19.4. The van der Waals surface area contributed by atoms with Crippen molar-refractivity contribution in [3.8, 4) is 0 Å². The summed E-state index contributed by atoms with van der Waals surface area (Å²) >= 11 is 0. The van der Waals surface area contributed by atoms with Gasteiger partial charge in [0.05, 0.1) is 7.05 Å². The molecule has 0 spiro atoms. The van der Waals surface area contributed by atoms with Gasteiger partial charge in [0.15, 0.2) is 0 Å². The Bertz CT molecular complexity index is 2210. The topological polar surface area (TPSA) is 49.3 Å². The summed E-state index contributed by atoms with van der Waals surface area (Å²) in [5.41, 5.74) is 2.62. The maximum absolute atomic E-state index is 6.38. The van der Waals surface area contributed by atoms with E-state index in [2.05, 4.69) is 233 Å². The molecule has 0 N–H and O–H groups in total. The van der Waals surface area contributed by atoms with Crippen LogP contribution >= 0.6 is 22.7 Å². The summed E-state index contributed by atoms with van der Waals surface area (Å²) in [6.07, 6.45) is 20.7. The minimum atomic E-state index is -2.50. The van der Waals surface area contributed by atoms with Gasteiger partial charge in [-0.05, 0) is 29.9 Å². The average molecular weight is 1040 g/mol. The first kappa shape index (κ1) is 48.8. The van der Waals surface area contributed by atoms with Crippen LogP contribution in [0.25, 0.3) is 0 Å². The van der Waals surface area contributed by atoms with Crippen LogP contribution in [0.15, 0.2) is 211 Å². The SMILES string of the molecule is C1=C[CH-]c2ccccc2[CH-]1.C1CCOC1.COP(OC)OC.[Ta].[c-]1ccccc1[P@](N=P(c1ccccc1)(c1ccccc1)c1ccccc1)(=C1C=CC=CC1)c1ccccc1. The van der Waals surface area contributed by atoms with Crippen molar-refractivity contribution >= 4 is 54.5 Å². The second kappa shape index (κ2) is 26.4. The molecule has 0 aromatic heterocycles. The van der Waals surface area contributed by atoms with E-state index in [0.29, 0.717) is 0 Å². The molecule has 9 rings (SSSR count). The van der Waals surface area contributed by atoms with Gasteiger partial charge < -0.3 is 18.3 Å². The number of fused-ring (bicyclic) bond motifs is 1. The number of rotatable bonds is 9. The van der Waals surface area contributed by atoms with E-state index in [0.717, 1.165) is 19.6 Å². The Labute approximate surface area is 387 Å². The van der Waals surface area contributed by atoms with E-state index in [1.165, 1.54) is 55.8 Å². The minimum Gasteiger partial charge on any atom is -0.381 e. The molecular weight excluding hydrogens is 988 g/mol. The second-order valence-corrected chi connectivity index (χ2v) is 21.8. The first-order valence-corrected chi connectivity index (χ1v) is 25.1. The van der Waals surface area contributed by atoms with Gasteiger partial charge in [-0.3, -0.25) is 4.52 Å². The van der Waals surface area contributed by atoms with Crippen LogP contribution in [0.2, 0.25) is 0 Å². The summed E-state index contributed by atoms with van der Waals surface area (Å²) in [6, 6.07) is 64.3. The van der Waals surface area contributed by atoms with E-state index in [9.17, 15) is 0 Å². The van der Waals surface area contributed by atoms with E-state index >= 15 is 0 Å². The Morgan fingerprint density at radius 3 is 1.39 bits per heavy atom. The first-order valence-electron chi connectivity index (χ1n) is 20.5. The molecule has 6 aromatic carbocycles. The van der Waals surface area contributed by atoms with Crippen LogP contribution in [0.4, 0.5) is 0 Å². The molecule has 3 aliphatic rings. The fraction of sp³-hybridized carbons (Fsp3) is 0.151. The molecule has 0 unspecified atom stereocenters. The second-order valence-electron chi connectivity index (χ2n) is 13.9. The molecule has 2 aliphatic carbocycles. The zero-order chi connectivity index (χ0) is 42.4. The van der Waals surface area contributed by atoms with Gasteiger partial charge >= 0.3 is 8.60 Å². The van der Waals surface area contributed by atoms with Gasteiger partial charge in [-0.25, -0.2) is 36.1 Å². The summed E-state index contributed by atoms with van der Waals surface area (Å²) in [4.78, 5) is 0. The molecular formula is C53H55NO4P3Ta-3. The molecule has 0 amide bonds. The molecule has 1 saturated heterocycles. The van der Waals surface area contributed by atoms with Gasteiger partial charge in [0, 0.05) is 79.9 Å². The maximum atomic E-state index is 6.38. The number of benzene rings is 6. The summed E-state index contributed by atoms with van der Waals surface area (Å²) in [7, 11) is -1.43. The molecule has 62 heavy (non-hydrogen) atoms. The largest absolute Gasteiger partial charge is 0.381 e. The average Bonchev–Trinajstić information content (AvgIpc) is 3.96. The number of hydrogen-bond acceptors (Lipinski definition) is 5. The zero-order valence-corrected chi connectivity index (χ0v) is 41.6. The zero-order valence-electron chi connectivity index (χ0n) is 35.7. The summed E-state index contributed by atoms with van der Waals surface area (Å²) in [5.74, 6) is 0. The van der Waals surface area contributed by atoms with Crippen molar-refractivity contribution < 1.29 is 40.7 Å². The molecule has 0 bridgehead atoms. The van der Waals surface area contributed by atoms with Crippen LogP contribution in [0.3, 0.4) is 0 Å². The molecule has 1 fully saturated rings. The minimum absolute atomic E-state index is 0. The van der Waals surface area contributed by atoms with Crippen LogP contribution in [0.1, 0.15) is 30.4 Å². The van der Waals surface area contributed by atoms with Crippen molar-refractivity contribution in [3.05, 3.63) is 236 Å². The van der Waals surface area contributed by atoms with Crippen LogP contribution in [-0.2, 0) is 40.7 Å². The fourth-order valence-corrected chi connectivity index (χ4v) is 17.2. The van der Waals surface area contributed by atoms with E-state index in [-0.39, 0.29) is 22.4 Å². The predicted molar refractivity (Wildman–Crippen MR) is 264 cm³/mol. The Balaban J connectivity index is 0.000000255. The quantitative estimate of drug-likeness (QED) is 0.107. The summed E-state index contributed by atoms with van der Waals surface area (Å²) in [6.45, 7) is 2.00. The standard InChI is InChI=1S/C36H30NP2.C10H8.C4H8O.C3H9O3P.Ta/c1-7-19-31(20-8-1)38(32-21-9-2-10-22-32,33-23-11-3-12-24-33)37-39(34-25-13-4-14-26-34,35-27-15-5-16-28-35)36-29-17-6-18-30-36;1-2-6-10-8-4-3-7-9(10)5-1;1-2-4-5-3-1;1-4-7(5-2)6-3;/h1-27,29H,28H2;1-8H;1-4H2;1-3H3;/q-1;-2;;;/t39-;;;;/m1..../s1. The monoisotopic (exact) mass is 1040 g/mol. The number of nitrogens with zero attached hydrogens (tertiary/aromatic N) is 1. The van der Waals surface area contributed by atoms with Crippen molar-refractivity contribution in [1.82, 2.24) is 0 Å². The van der Waals surface area contributed by atoms with Gasteiger partial charge in [0.25, 0.3) is 0 Å². The van der Waals surface area contributed by atoms with E-state index in [4.69, 9.17) is 9.25 Å². The number of ether oxygens (including phenoxy) is 1. The third kappa shape index (κ3) is 12.7. The maximum Gasteiger partial charge on any atom is 0.331 e. The van der Waals surface area contributed by atoms with Gasteiger partial charge in [0.1, 0.15) is 0 Å². The molecule has 1 atom stereocenters. The van der Waals surface area contributed by atoms with Gasteiger partial charge in [0.2, 0.25) is 0 Å². The molecule has 1 radical (unpaired) electrons. The summed E-state index contributed by atoms with van der Waals surface area (Å²) < 4.78 is 25.3. The van der Waals surface area contributed by atoms with Crippen molar-refractivity contribution in [1.29, 1.82) is 0 Å². The molecule has 6 aromatic rings. The Kier molecular flexibility index (Phi) is 20.8. The molecule has 1 heterocycles. The number of hydrogen-bond donors (Lipinski definition) is 0. The molecule has 5 nitrogen and oxygen atoms in total. The summed E-state index contributed by atoms with van der Waals surface area (Å²) in [5, 5.41) is 7.55. The molecule has 1 aliphatic heterocycles. The first-order chi connectivity index (χ1) is 30.2.